The lowest BCUT2D eigenvalue weighted by atomic mass is 10.3. The van der Waals surface area contributed by atoms with E-state index in [1.165, 1.54) is 11.8 Å². The van der Waals surface area contributed by atoms with Gasteiger partial charge >= 0.3 is 5.97 Å². The number of thioether (sulfide) groups is 1. The number of thiophene rings is 1. The van der Waals surface area contributed by atoms with Crippen LogP contribution in [0.3, 0.4) is 0 Å². The van der Waals surface area contributed by atoms with Gasteiger partial charge in [-0.15, -0.1) is 21.5 Å². The Morgan fingerprint density at radius 2 is 2.39 bits per heavy atom. The summed E-state index contributed by atoms with van der Waals surface area (Å²) in [7, 11) is 0. The molecule has 0 aliphatic heterocycles. The van der Waals surface area contributed by atoms with Crippen molar-refractivity contribution < 1.29 is 9.90 Å². The first kappa shape index (κ1) is 13.6. The van der Waals surface area contributed by atoms with E-state index in [-0.39, 0.29) is 5.75 Å². The van der Waals surface area contributed by atoms with Crippen molar-refractivity contribution in [2.75, 3.05) is 5.75 Å². The van der Waals surface area contributed by atoms with Crippen LogP contribution < -0.4 is 0 Å². The number of carbonyl (C=O) groups is 1. The van der Waals surface area contributed by atoms with Gasteiger partial charge in [-0.05, 0) is 28.9 Å². The van der Waals surface area contributed by atoms with Crippen LogP contribution >= 0.6 is 39.0 Å². The van der Waals surface area contributed by atoms with E-state index in [4.69, 9.17) is 5.11 Å². The first-order chi connectivity index (χ1) is 8.61. The van der Waals surface area contributed by atoms with E-state index in [1.807, 2.05) is 22.9 Å². The Balaban J connectivity index is 2.29. The van der Waals surface area contributed by atoms with E-state index in [0.717, 1.165) is 15.2 Å². The maximum absolute atomic E-state index is 10.6. The Kier molecular flexibility index (Phi) is 4.41. The molecule has 0 fully saturated rings. The fourth-order valence-electron chi connectivity index (χ4n) is 1.45. The summed E-state index contributed by atoms with van der Waals surface area (Å²) in [6, 6.07) is 1.98. The Bertz CT molecular complexity index is 567. The molecule has 0 amide bonds. The Morgan fingerprint density at radius 1 is 1.61 bits per heavy atom. The number of aliphatic carboxylic acids is 1. The van der Waals surface area contributed by atoms with Crippen LogP contribution in [0, 0.1) is 0 Å². The monoisotopic (exact) mass is 347 g/mol. The van der Waals surface area contributed by atoms with Crippen molar-refractivity contribution in [1.82, 2.24) is 14.8 Å². The molecule has 2 aromatic heterocycles. The van der Waals surface area contributed by atoms with Crippen molar-refractivity contribution in [3.63, 3.8) is 0 Å². The first-order valence-corrected chi connectivity index (χ1v) is 7.79. The van der Waals surface area contributed by atoms with Gasteiger partial charge in [0, 0.05) is 17.5 Å². The van der Waals surface area contributed by atoms with Crippen molar-refractivity contribution in [1.29, 1.82) is 0 Å². The van der Waals surface area contributed by atoms with Crippen LogP contribution in [0.4, 0.5) is 0 Å². The van der Waals surface area contributed by atoms with Crippen LogP contribution in [-0.2, 0) is 11.3 Å². The van der Waals surface area contributed by atoms with Gasteiger partial charge in [-0.2, -0.15) is 0 Å². The molecule has 2 rings (SSSR count). The lowest BCUT2D eigenvalue weighted by molar-refractivity contribution is -0.133. The molecular weight excluding hydrogens is 338 g/mol. The fraction of sp³-hybridized carbons (Fsp3) is 0.300. The maximum atomic E-state index is 10.6. The van der Waals surface area contributed by atoms with Gasteiger partial charge in [0.05, 0.1) is 9.54 Å². The summed E-state index contributed by atoms with van der Waals surface area (Å²) >= 11 is 6.17. The molecule has 1 N–H and O–H groups in total. The third-order valence-electron chi connectivity index (χ3n) is 2.18. The SMILES string of the molecule is CCn1c(SCC(=O)O)nnc1-c1csc(Br)c1. The fourth-order valence-corrected chi connectivity index (χ4v) is 3.31. The summed E-state index contributed by atoms with van der Waals surface area (Å²) in [4.78, 5) is 10.6. The van der Waals surface area contributed by atoms with Crippen LogP contribution in [0.25, 0.3) is 11.4 Å². The average molecular weight is 348 g/mol. The van der Waals surface area contributed by atoms with E-state index in [9.17, 15) is 4.79 Å². The van der Waals surface area contributed by atoms with Crippen molar-refractivity contribution >= 4 is 45.0 Å². The van der Waals surface area contributed by atoms with Crippen LogP contribution in [0.1, 0.15) is 6.92 Å². The average Bonchev–Trinajstić information content (AvgIpc) is 2.91. The topological polar surface area (TPSA) is 68.0 Å². The molecule has 96 valence electrons. The lowest BCUT2D eigenvalue weighted by Gasteiger charge is -2.04. The molecule has 0 saturated heterocycles. The van der Waals surface area contributed by atoms with Crippen LogP contribution in [0.2, 0.25) is 0 Å². The minimum atomic E-state index is -0.856. The van der Waals surface area contributed by atoms with Gasteiger partial charge in [0.25, 0.3) is 0 Å². The van der Waals surface area contributed by atoms with Crippen molar-refractivity contribution in [3.8, 4) is 11.4 Å². The van der Waals surface area contributed by atoms with Gasteiger partial charge in [-0.25, -0.2) is 0 Å². The second kappa shape index (κ2) is 5.85. The summed E-state index contributed by atoms with van der Waals surface area (Å²) in [5.74, 6) is -0.0938. The number of carboxylic acid groups (broad SMARTS) is 1. The molecular formula is C10H10BrN3O2S2. The third-order valence-corrected chi connectivity index (χ3v) is 4.64. The standard InChI is InChI=1S/C10H10BrN3O2S2/c1-2-14-9(6-3-7(11)17-4-6)12-13-10(14)18-5-8(15)16/h3-4H,2,5H2,1H3,(H,15,16). The summed E-state index contributed by atoms with van der Waals surface area (Å²) in [5, 5.41) is 19.5. The molecule has 0 radical (unpaired) electrons. The Hall–Kier alpha value is -0.860. The predicted molar refractivity (Wildman–Crippen MR) is 75.1 cm³/mol. The predicted octanol–water partition coefficient (Wildman–Crippen LogP) is 2.97. The minimum absolute atomic E-state index is 0.00847. The zero-order valence-corrected chi connectivity index (χ0v) is 12.7. The molecule has 0 spiro atoms. The molecule has 18 heavy (non-hydrogen) atoms. The lowest BCUT2D eigenvalue weighted by Crippen LogP contribution is -2.03. The second-order valence-electron chi connectivity index (χ2n) is 3.37. The smallest absolute Gasteiger partial charge is 0.313 e. The van der Waals surface area contributed by atoms with Gasteiger partial charge in [-0.1, -0.05) is 11.8 Å². The molecule has 0 atom stereocenters. The highest BCUT2D eigenvalue weighted by Crippen LogP contribution is 2.30. The minimum Gasteiger partial charge on any atom is -0.481 e. The number of rotatable bonds is 5. The molecule has 5 nitrogen and oxygen atoms in total. The van der Waals surface area contributed by atoms with Crippen LogP contribution in [0.5, 0.6) is 0 Å². The number of aromatic nitrogens is 3. The molecule has 0 saturated carbocycles. The quantitative estimate of drug-likeness (QED) is 0.842. The van der Waals surface area contributed by atoms with E-state index in [2.05, 4.69) is 26.1 Å². The second-order valence-corrected chi connectivity index (χ2v) is 6.61. The maximum Gasteiger partial charge on any atom is 0.313 e. The Morgan fingerprint density at radius 3 is 2.94 bits per heavy atom. The van der Waals surface area contributed by atoms with Gasteiger partial charge < -0.3 is 9.67 Å². The molecule has 0 aliphatic rings. The van der Waals surface area contributed by atoms with E-state index in [1.54, 1.807) is 11.3 Å². The first-order valence-electron chi connectivity index (χ1n) is 5.14. The molecule has 8 heteroatoms. The molecule has 0 unspecified atom stereocenters. The van der Waals surface area contributed by atoms with E-state index in [0.29, 0.717) is 11.7 Å². The summed E-state index contributed by atoms with van der Waals surface area (Å²) < 4.78 is 2.95. The highest BCUT2D eigenvalue weighted by molar-refractivity contribution is 9.11. The van der Waals surface area contributed by atoms with Crippen LogP contribution in [0.15, 0.2) is 20.4 Å². The van der Waals surface area contributed by atoms with E-state index >= 15 is 0 Å². The summed E-state index contributed by atoms with van der Waals surface area (Å²) in [6.45, 7) is 2.69. The molecule has 0 aromatic carbocycles. The molecule has 0 aliphatic carbocycles. The Labute approximate surface area is 120 Å². The van der Waals surface area contributed by atoms with Gasteiger partial charge in [0.15, 0.2) is 11.0 Å². The number of hydrogen-bond donors (Lipinski definition) is 1. The van der Waals surface area contributed by atoms with Gasteiger partial charge in [0.2, 0.25) is 0 Å². The summed E-state index contributed by atoms with van der Waals surface area (Å²) in [6.07, 6.45) is 0. The third kappa shape index (κ3) is 2.93. The normalized spacial score (nSPS) is 10.8. The number of nitrogens with zero attached hydrogens (tertiary/aromatic N) is 3. The number of hydrogen-bond acceptors (Lipinski definition) is 5. The zero-order valence-electron chi connectivity index (χ0n) is 9.46. The summed E-state index contributed by atoms with van der Waals surface area (Å²) in [5.41, 5.74) is 0.989. The number of halogens is 1. The van der Waals surface area contributed by atoms with Gasteiger partial charge in [0.1, 0.15) is 0 Å². The van der Waals surface area contributed by atoms with Crippen molar-refractivity contribution in [3.05, 3.63) is 15.2 Å². The molecule has 2 aromatic rings. The molecule has 0 bridgehead atoms. The van der Waals surface area contributed by atoms with Crippen LogP contribution in [-0.4, -0.2) is 31.6 Å². The van der Waals surface area contributed by atoms with Gasteiger partial charge in [-0.3, -0.25) is 4.79 Å². The zero-order chi connectivity index (χ0) is 13.1. The highest BCUT2D eigenvalue weighted by Gasteiger charge is 2.15. The highest BCUT2D eigenvalue weighted by atomic mass is 79.9. The van der Waals surface area contributed by atoms with Crippen molar-refractivity contribution in [2.24, 2.45) is 0 Å². The molecule has 2 heterocycles. The van der Waals surface area contributed by atoms with Crippen molar-refractivity contribution in [2.45, 2.75) is 18.6 Å². The van der Waals surface area contributed by atoms with E-state index < -0.39 is 5.97 Å². The number of carboxylic acids is 1. The largest absolute Gasteiger partial charge is 0.481 e.